The Labute approximate surface area is 120 Å². The minimum Gasteiger partial charge on any atom is -0.338 e. The summed E-state index contributed by atoms with van der Waals surface area (Å²) < 4.78 is 5.86. The number of aromatic nitrogens is 1. The van der Waals surface area contributed by atoms with Gasteiger partial charge < -0.3 is 4.52 Å². The van der Waals surface area contributed by atoms with Crippen molar-refractivity contribution < 1.29 is 9.32 Å². The van der Waals surface area contributed by atoms with Gasteiger partial charge in [0.15, 0.2) is 0 Å². The van der Waals surface area contributed by atoms with Gasteiger partial charge in [0.05, 0.1) is 11.3 Å². The molecule has 2 rings (SSSR count). The first-order valence-electron chi connectivity index (χ1n) is 5.91. The van der Waals surface area contributed by atoms with Gasteiger partial charge in [0, 0.05) is 16.0 Å². The molecule has 0 aliphatic heterocycles. The molecule has 1 heterocycles. The summed E-state index contributed by atoms with van der Waals surface area (Å²) in [5, 5.41) is 6.65. The summed E-state index contributed by atoms with van der Waals surface area (Å²) in [5.74, 6) is 0.120. The van der Waals surface area contributed by atoms with Crippen LogP contribution in [0.4, 0.5) is 5.88 Å². The highest BCUT2D eigenvalue weighted by Gasteiger charge is 2.20. The molecule has 100 valence electrons. The number of carbonyl (C=O) groups is 1. The van der Waals surface area contributed by atoms with Crippen LogP contribution in [0.25, 0.3) is 0 Å². The van der Waals surface area contributed by atoms with Gasteiger partial charge in [-0.25, -0.2) is 0 Å². The smallest absolute Gasteiger partial charge is 0.259 e. The number of hydrogen-bond donors (Lipinski definition) is 1. The highest BCUT2D eigenvalue weighted by molar-refractivity contribution is 9.10. The molecule has 0 spiro atoms. The number of benzene rings is 1. The van der Waals surface area contributed by atoms with Crippen LogP contribution >= 0.6 is 15.9 Å². The van der Waals surface area contributed by atoms with E-state index in [1.54, 1.807) is 18.2 Å². The van der Waals surface area contributed by atoms with Crippen LogP contribution in [0.5, 0.6) is 0 Å². The van der Waals surface area contributed by atoms with E-state index in [1.807, 2.05) is 32.9 Å². The van der Waals surface area contributed by atoms with Crippen LogP contribution in [0.2, 0.25) is 0 Å². The fraction of sp³-hybridized carbons (Fsp3) is 0.286. The molecule has 1 aromatic carbocycles. The number of hydrogen-bond acceptors (Lipinski definition) is 3. The molecule has 2 aromatic rings. The van der Waals surface area contributed by atoms with Gasteiger partial charge in [-0.15, -0.1) is 0 Å². The van der Waals surface area contributed by atoms with Gasteiger partial charge in [0.25, 0.3) is 5.91 Å². The standard InChI is InChI=1S/C14H15BrN2O2/c1-14(2,3)11-8-12(19-17-11)16-13(18)9-6-4-5-7-10(9)15/h4-8H,1-3H3,(H,16,18). The molecule has 0 radical (unpaired) electrons. The normalized spacial score (nSPS) is 11.4. The van der Waals surface area contributed by atoms with E-state index >= 15 is 0 Å². The third kappa shape index (κ3) is 3.23. The lowest BCUT2D eigenvalue weighted by Gasteiger charge is -2.12. The maximum absolute atomic E-state index is 12.1. The van der Waals surface area contributed by atoms with Crippen LogP contribution in [0.1, 0.15) is 36.8 Å². The number of carbonyl (C=O) groups excluding carboxylic acids is 1. The number of nitrogens with one attached hydrogen (secondary N) is 1. The van der Waals surface area contributed by atoms with Crippen molar-refractivity contribution in [2.45, 2.75) is 26.2 Å². The zero-order valence-corrected chi connectivity index (χ0v) is 12.6. The van der Waals surface area contributed by atoms with Gasteiger partial charge in [-0.3, -0.25) is 10.1 Å². The maximum Gasteiger partial charge on any atom is 0.259 e. The highest BCUT2D eigenvalue weighted by atomic mass is 79.9. The van der Waals surface area contributed by atoms with E-state index in [0.29, 0.717) is 11.4 Å². The van der Waals surface area contributed by atoms with Gasteiger partial charge >= 0.3 is 0 Å². The Morgan fingerprint density at radius 3 is 2.58 bits per heavy atom. The quantitative estimate of drug-likeness (QED) is 0.909. The Morgan fingerprint density at radius 2 is 2.00 bits per heavy atom. The summed E-state index contributed by atoms with van der Waals surface area (Å²) in [6.07, 6.45) is 0. The average Bonchev–Trinajstić information content (AvgIpc) is 2.77. The highest BCUT2D eigenvalue weighted by Crippen LogP contribution is 2.24. The second-order valence-electron chi connectivity index (χ2n) is 5.26. The summed E-state index contributed by atoms with van der Waals surface area (Å²) in [6.45, 7) is 6.10. The molecular weight excluding hydrogens is 308 g/mol. The molecule has 0 aliphatic rings. The first-order valence-corrected chi connectivity index (χ1v) is 6.70. The lowest BCUT2D eigenvalue weighted by Crippen LogP contribution is -2.12. The van der Waals surface area contributed by atoms with Crippen LogP contribution in [0.15, 0.2) is 39.3 Å². The molecule has 0 fully saturated rings. The lowest BCUT2D eigenvalue weighted by atomic mass is 9.92. The van der Waals surface area contributed by atoms with Crippen LogP contribution in [-0.4, -0.2) is 11.1 Å². The molecule has 5 heteroatoms. The third-order valence-electron chi connectivity index (χ3n) is 2.63. The van der Waals surface area contributed by atoms with Crippen LogP contribution in [0.3, 0.4) is 0 Å². The second kappa shape index (κ2) is 5.17. The molecule has 0 atom stereocenters. The van der Waals surface area contributed by atoms with Gasteiger partial charge in [-0.1, -0.05) is 38.1 Å². The van der Waals surface area contributed by atoms with Crippen molar-refractivity contribution in [1.29, 1.82) is 0 Å². The van der Waals surface area contributed by atoms with Gasteiger partial charge in [0.1, 0.15) is 0 Å². The predicted molar refractivity (Wildman–Crippen MR) is 77.3 cm³/mol. The maximum atomic E-state index is 12.1. The second-order valence-corrected chi connectivity index (χ2v) is 6.11. The zero-order chi connectivity index (χ0) is 14.0. The Balaban J connectivity index is 2.16. The average molecular weight is 323 g/mol. The Kier molecular flexibility index (Phi) is 3.75. The van der Waals surface area contributed by atoms with Gasteiger partial charge in [-0.2, -0.15) is 0 Å². The summed E-state index contributed by atoms with van der Waals surface area (Å²) in [5.41, 5.74) is 1.24. The van der Waals surface area contributed by atoms with E-state index in [4.69, 9.17) is 4.52 Å². The zero-order valence-electron chi connectivity index (χ0n) is 11.0. The van der Waals surface area contributed by atoms with Crippen molar-refractivity contribution in [3.8, 4) is 0 Å². The first-order chi connectivity index (χ1) is 8.88. The molecule has 0 saturated carbocycles. The van der Waals surface area contributed by atoms with Crippen molar-refractivity contribution in [3.05, 3.63) is 46.1 Å². The van der Waals surface area contributed by atoms with Crippen LogP contribution in [-0.2, 0) is 5.41 Å². The number of halogens is 1. The molecule has 0 unspecified atom stereocenters. The Hall–Kier alpha value is -1.62. The monoisotopic (exact) mass is 322 g/mol. The van der Waals surface area contributed by atoms with Crippen LogP contribution < -0.4 is 5.32 Å². The summed E-state index contributed by atoms with van der Waals surface area (Å²) >= 11 is 3.34. The largest absolute Gasteiger partial charge is 0.338 e. The molecule has 1 amide bonds. The first kappa shape index (κ1) is 13.8. The Bertz CT molecular complexity index is 599. The van der Waals surface area contributed by atoms with Crippen molar-refractivity contribution in [1.82, 2.24) is 5.16 Å². The summed E-state index contributed by atoms with van der Waals surface area (Å²) in [4.78, 5) is 12.1. The third-order valence-corrected chi connectivity index (χ3v) is 3.33. The molecule has 4 nitrogen and oxygen atoms in total. The molecule has 19 heavy (non-hydrogen) atoms. The van der Waals surface area contributed by atoms with Crippen molar-refractivity contribution in [2.24, 2.45) is 0 Å². The fourth-order valence-electron chi connectivity index (χ4n) is 1.51. The van der Waals surface area contributed by atoms with E-state index in [2.05, 4.69) is 26.4 Å². The number of nitrogens with zero attached hydrogens (tertiary/aromatic N) is 1. The predicted octanol–water partition coefficient (Wildman–Crippen LogP) is 3.99. The molecule has 1 N–H and O–H groups in total. The topological polar surface area (TPSA) is 55.1 Å². The van der Waals surface area contributed by atoms with Gasteiger partial charge in [0.2, 0.25) is 5.88 Å². The van der Waals surface area contributed by atoms with Crippen molar-refractivity contribution >= 4 is 27.7 Å². The molecule has 1 aromatic heterocycles. The molecule has 0 aliphatic carbocycles. The number of anilines is 1. The van der Waals surface area contributed by atoms with E-state index in [-0.39, 0.29) is 11.3 Å². The van der Waals surface area contributed by atoms with Crippen LogP contribution in [0, 0.1) is 0 Å². The Morgan fingerprint density at radius 1 is 1.32 bits per heavy atom. The van der Waals surface area contributed by atoms with Crippen molar-refractivity contribution in [3.63, 3.8) is 0 Å². The number of amides is 1. The molecule has 0 saturated heterocycles. The summed E-state index contributed by atoms with van der Waals surface area (Å²) in [6, 6.07) is 8.96. The van der Waals surface area contributed by atoms with E-state index < -0.39 is 0 Å². The molecular formula is C14H15BrN2O2. The lowest BCUT2D eigenvalue weighted by molar-refractivity contribution is 0.102. The minimum absolute atomic E-state index is 0.111. The minimum atomic E-state index is -0.232. The SMILES string of the molecule is CC(C)(C)c1cc(NC(=O)c2ccccc2Br)on1. The van der Waals surface area contributed by atoms with E-state index in [1.165, 1.54) is 0 Å². The molecule has 0 bridgehead atoms. The summed E-state index contributed by atoms with van der Waals surface area (Å²) in [7, 11) is 0. The van der Waals surface area contributed by atoms with E-state index in [9.17, 15) is 4.79 Å². The fourth-order valence-corrected chi connectivity index (χ4v) is 1.98. The van der Waals surface area contributed by atoms with E-state index in [0.717, 1.165) is 10.2 Å². The van der Waals surface area contributed by atoms with Gasteiger partial charge in [-0.05, 0) is 28.1 Å². The number of rotatable bonds is 2. The van der Waals surface area contributed by atoms with Crippen molar-refractivity contribution in [2.75, 3.05) is 5.32 Å².